The van der Waals surface area contributed by atoms with E-state index in [2.05, 4.69) is 45.5 Å². The number of unbranched alkanes of at least 4 members (excludes halogenated alkanes) is 2. The van der Waals surface area contributed by atoms with E-state index in [-0.39, 0.29) is 36.0 Å². The number of rotatable bonds is 13. The first-order valence-corrected chi connectivity index (χ1v) is 15.4. The lowest BCUT2D eigenvalue weighted by Crippen LogP contribution is -2.54. The second-order valence-electron chi connectivity index (χ2n) is 11.5. The van der Waals surface area contributed by atoms with Crippen LogP contribution in [0.25, 0.3) is 0 Å². The molecule has 2 N–H and O–H groups in total. The summed E-state index contributed by atoms with van der Waals surface area (Å²) < 4.78 is 23.9. The molecule has 196 valence electrons. The molecule has 0 aromatic rings. The minimum absolute atomic E-state index is 0.00790. The van der Waals surface area contributed by atoms with Crippen molar-refractivity contribution in [1.82, 2.24) is 0 Å². The number of aliphatic hydroxyl groups is 2. The molecule has 7 nitrogen and oxygen atoms in total. The fourth-order valence-corrected chi connectivity index (χ4v) is 5.39. The van der Waals surface area contributed by atoms with E-state index in [4.69, 9.17) is 13.9 Å². The molecule has 0 aromatic carbocycles. The summed E-state index contributed by atoms with van der Waals surface area (Å²) in [6.45, 7) is 17.6. The highest BCUT2D eigenvalue weighted by Gasteiger charge is 2.46. The van der Waals surface area contributed by atoms with Gasteiger partial charge in [-0.3, -0.25) is 4.79 Å². The third kappa shape index (κ3) is 10.3. The lowest BCUT2D eigenvalue weighted by molar-refractivity contribution is -0.303. The van der Waals surface area contributed by atoms with E-state index >= 15 is 0 Å². The van der Waals surface area contributed by atoms with Gasteiger partial charge >= 0.3 is 5.97 Å². The fraction of sp³-hybridized carbons (Fsp3) is 0.960. The Morgan fingerprint density at radius 3 is 2.33 bits per heavy atom. The molecule has 8 heteroatoms. The molecule has 0 bridgehead atoms. The van der Waals surface area contributed by atoms with Crippen molar-refractivity contribution in [2.75, 3.05) is 13.7 Å². The molecule has 0 radical (unpaired) electrons. The summed E-state index contributed by atoms with van der Waals surface area (Å²) in [7, 11) is -0.863. The Kier molecular flexibility index (Phi) is 12.0. The van der Waals surface area contributed by atoms with Crippen molar-refractivity contribution in [2.24, 2.45) is 5.92 Å². The summed E-state index contributed by atoms with van der Waals surface area (Å²) in [5.41, 5.74) is 0. The van der Waals surface area contributed by atoms with Crippen molar-refractivity contribution in [2.45, 2.75) is 135 Å². The van der Waals surface area contributed by atoms with Crippen LogP contribution < -0.4 is 0 Å². The first kappa shape index (κ1) is 30.5. The fourth-order valence-electron chi connectivity index (χ4n) is 4.01. The summed E-state index contributed by atoms with van der Waals surface area (Å²) in [6.07, 6.45) is 2.51. The average Bonchev–Trinajstić information content (AvgIpc) is 2.65. The first-order chi connectivity index (χ1) is 15.1. The quantitative estimate of drug-likeness (QED) is 0.218. The van der Waals surface area contributed by atoms with Crippen LogP contribution in [0.2, 0.25) is 18.1 Å². The van der Waals surface area contributed by atoms with Crippen molar-refractivity contribution in [3.8, 4) is 0 Å². The van der Waals surface area contributed by atoms with Gasteiger partial charge in [0.2, 0.25) is 0 Å². The molecular formula is C25H50O7Si. The predicted octanol–water partition coefficient (Wildman–Crippen LogP) is 4.79. The van der Waals surface area contributed by atoms with Gasteiger partial charge in [-0.1, -0.05) is 47.0 Å². The Hall–Kier alpha value is -0.513. The van der Waals surface area contributed by atoms with E-state index < -0.39 is 32.3 Å². The molecule has 5 atom stereocenters. The molecule has 1 rings (SSSR count). The van der Waals surface area contributed by atoms with E-state index in [0.717, 1.165) is 25.7 Å². The van der Waals surface area contributed by atoms with Crippen LogP contribution in [0, 0.1) is 5.92 Å². The monoisotopic (exact) mass is 490 g/mol. The number of ether oxygens (including phenoxy) is 3. The van der Waals surface area contributed by atoms with Gasteiger partial charge in [0.15, 0.2) is 14.1 Å². The average molecular weight is 491 g/mol. The third-order valence-corrected chi connectivity index (χ3v) is 11.5. The maximum atomic E-state index is 11.5. The van der Waals surface area contributed by atoms with Crippen LogP contribution in [0.5, 0.6) is 0 Å². The second-order valence-corrected chi connectivity index (χ2v) is 16.3. The Morgan fingerprint density at radius 2 is 1.79 bits per heavy atom. The van der Waals surface area contributed by atoms with Gasteiger partial charge in [-0.25, -0.2) is 0 Å². The van der Waals surface area contributed by atoms with Crippen molar-refractivity contribution in [3.63, 3.8) is 0 Å². The van der Waals surface area contributed by atoms with Gasteiger partial charge in [0, 0.05) is 5.92 Å². The molecule has 1 aliphatic heterocycles. The predicted molar refractivity (Wildman–Crippen MR) is 132 cm³/mol. The van der Waals surface area contributed by atoms with Gasteiger partial charge in [-0.05, 0) is 51.2 Å². The lowest BCUT2D eigenvalue weighted by atomic mass is 9.87. The molecule has 1 aliphatic rings. The van der Waals surface area contributed by atoms with Crippen LogP contribution >= 0.6 is 0 Å². The Bertz CT molecular complexity index is 588. The van der Waals surface area contributed by atoms with Crippen LogP contribution in [0.15, 0.2) is 0 Å². The number of hydrogen-bond acceptors (Lipinski definition) is 7. The summed E-state index contributed by atoms with van der Waals surface area (Å²) in [5, 5.41) is 21.1. The number of carbonyl (C=O) groups is 1. The highest BCUT2D eigenvalue weighted by molar-refractivity contribution is 6.74. The largest absolute Gasteiger partial charge is 0.469 e. The van der Waals surface area contributed by atoms with E-state index in [1.54, 1.807) is 0 Å². The van der Waals surface area contributed by atoms with E-state index in [0.29, 0.717) is 13.0 Å². The van der Waals surface area contributed by atoms with Crippen LogP contribution in [-0.2, 0) is 23.4 Å². The number of methoxy groups -OCH3 is 1. The van der Waals surface area contributed by atoms with Gasteiger partial charge in [0.1, 0.15) is 0 Å². The Morgan fingerprint density at radius 1 is 1.15 bits per heavy atom. The third-order valence-electron chi connectivity index (χ3n) is 7.04. The van der Waals surface area contributed by atoms with Crippen LogP contribution in [0.3, 0.4) is 0 Å². The zero-order valence-electron chi connectivity index (χ0n) is 22.5. The molecule has 0 unspecified atom stereocenters. The molecule has 0 saturated carbocycles. The maximum Gasteiger partial charge on any atom is 0.308 e. The normalized spacial score (nSPS) is 24.2. The number of aliphatic hydroxyl groups excluding tert-OH is 2. The number of carbonyl (C=O) groups excluding carboxylic acids is 1. The minimum atomic E-state index is -2.15. The standard InChI is InChI=1S/C25H50O7Si/c1-10-11-12-13-21-20(17-30-25(5,6)31-21)22(32-33(8,9)24(2,3)4)15-18(26)14-19(27)16-23(28)29-7/h18-22,26-27H,10-17H2,1-9H3/t18-,19+,20+,21+,22-/m0/s1. The summed E-state index contributed by atoms with van der Waals surface area (Å²) in [5.74, 6) is -1.16. The van der Waals surface area contributed by atoms with Gasteiger partial charge < -0.3 is 28.8 Å². The van der Waals surface area contributed by atoms with Crippen LogP contribution in [0.4, 0.5) is 0 Å². The van der Waals surface area contributed by atoms with E-state index in [9.17, 15) is 15.0 Å². The van der Waals surface area contributed by atoms with Gasteiger partial charge in [-0.2, -0.15) is 0 Å². The summed E-state index contributed by atoms with van der Waals surface area (Å²) in [4.78, 5) is 11.5. The molecule has 0 aromatic heterocycles. The molecule has 1 saturated heterocycles. The highest BCUT2D eigenvalue weighted by atomic mass is 28.4. The molecule has 1 heterocycles. The topological polar surface area (TPSA) is 94.5 Å². The maximum absolute atomic E-state index is 11.5. The number of hydrogen-bond donors (Lipinski definition) is 2. The van der Waals surface area contributed by atoms with Crippen molar-refractivity contribution in [3.05, 3.63) is 0 Å². The number of esters is 1. The zero-order valence-corrected chi connectivity index (χ0v) is 23.5. The minimum Gasteiger partial charge on any atom is -0.469 e. The van der Waals surface area contributed by atoms with Crippen molar-refractivity contribution in [1.29, 1.82) is 0 Å². The summed E-state index contributed by atoms with van der Waals surface area (Å²) >= 11 is 0. The van der Waals surface area contributed by atoms with Gasteiger partial charge in [0.25, 0.3) is 0 Å². The smallest absolute Gasteiger partial charge is 0.308 e. The van der Waals surface area contributed by atoms with Crippen LogP contribution in [0.1, 0.15) is 86.5 Å². The molecule has 0 amide bonds. The van der Waals surface area contributed by atoms with E-state index in [1.165, 1.54) is 7.11 Å². The SMILES string of the molecule is CCCCC[C@H]1OC(C)(C)OC[C@H]1[C@H](C[C@@H](O)C[C@@H](O)CC(=O)OC)O[Si](C)(C)C(C)(C)C. The molecule has 0 aliphatic carbocycles. The zero-order chi connectivity index (χ0) is 25.4. The van der Waals surface area contributed by atoms with E-state index in [1.807, 2.05) is 13.8 Å². The lowest BCUT2D eigenvalue weighted by Gasteiger charge is -2.47. The highest BCUT2D eigenvalue weighted by Crippen LogP contribution is 2.41. The molecular weight excluding hydrogens is 440 g/mol. The van der Waals surface area contributed by atoms with Crippen molar-refractivity contribution >= 4 is 14.3 Å². The van der Waals surface area contributed by atoms with Gasteiger partial charge in [-0.15, -0.1) is 0 Å². The molecule has 33 heavy (non-hydrogen) atoms. The Balaban J connectivity index is 3.07. The second kappa shape index (κ2) is 13.0. The molecule has 1 fully saturated rings. The molecule has 0 spiro atoms. The Labute approximate surface area is 202 Å². The summed E-state index contributed by atoms with van der Waals surface area (Å²) in [6, 6.07) is 0. The van der Waals surface area contributed by atoms with Gasteiger partial charge in [0.05, 0.1) is 44.6 Å². The first-order valence-electron chi connectivity index (χ1n) is 12.5. The van der Waals surface area contributed by atoms with Crippen molar-refractivity contribution < 1.29 is 33.6 Å². The van der Waals surface area contributed by atoms with Crippen LogP contribution in [-0.4, -0.2) is 68.4 Å².